The first-order valence-electron chi connectivity index (χ1n) is 9.87. The van der Waals surface area contributed by atoms with Crippen molar-refractivity contribution in [2.45, 2.75) is 33.1 Å². The molecule has 2 aromatic carbocycles. The zero-order valence-corrected chi connectivity index (χ0v) is 17.5. The molecule has 1 atom stereocenters. The van der Waals surface area contributed by atoms with Gasteiger partial charge in [0.1, 0.15) is 34.0 Å². The van der Waals surface area contributed by atoms with Gasteiger partial charge in [0.25, 0.3) is 0 Å². The van der Waals surface area contributed by atoms with Gasteiger partial charge in [-0.2, -0.15) is 5.10 Å². The number of carbonyl (C=O) groups excluding carboxylic acids is 2. The Kier molecular flexibility index (Phi) is 3.74. The fourth-order valence-electron chi connectivity index (χ4n) is 4.55. The minimum absolute atomic E-state index is 0.0252. The summed E-state index contributed by atoms with van der Waals surface area (Å²) in [5.74, 6) is -1.00. The van der Waals surface area contributed by atoms with E-state index in [2.05, 4.69) is 5.10 Å². The molecule has 0 saturated carbocycles. The lowest BCUT2D eigenvalue weighted by Crippen LogP contribution is -2.36. The number of allylic oxidation sites excluding steroid dienone is 1. The van der Waals surface area contributed by atoms with Gasteiger partial charge < -0.3 is 14.9 Å². The maximum Gasteiger partial charge on any atom is 0.185 e. The Morgan fingerprint density at radius 2 is 1.81 bits per heavy atom. The van der Waals surface area contributed by atoms with Crippen LogP contribution < -0.4 is 4.74 Å². The fourth-order valence-corrected chi connectivity index (χ4v) is 4.55. The van der Waals surface area contributed by atoms with Crippen LogP contribution >= 0.6 is 0 Å². The summed E-state index contributed by atoms with van der Waals surface area (Å²) in [5.41, 5.74) is 1.28. The highest BCUT2D eigenvalue weighted by atomic mass is 16.5. The van der Waals surface area contributed by atoms with E-state index < -0.39 is 11.2 Å². The molecule has 0 radical (unpaired) electrons. The third-order valence-electron chi connectivity index (χ3n) is 6.24. The predicted molar refractivity (Wildman–Crippen MR) is 113 cm³/mol. The van der Waals surface area contributed by atoms with Crippen LogP contribution in [0.3, 0.4) is 0 Å². The van der Waals surface area contributed by atoms with Gasteiger partial charge >= 0.3 is 0 Å². The number of phenolic OH excluding ortho intramolecular Hbond substituents is 2. The Morgan fingerprint density at radius 1 is 1.13 bits per heavy atom. The van der Waals surface area contributed by atoms with Crippen molar-refractivity contribution in [3.05, 3.63) is 69.7 Å². The number of Topliss-reactive ketones (excluding diaryl/α,β-unsaturated/α-hetero) is 2. The van der Waals surface area contributed by atoms with Crippen LogP contribution in [-0.4, -0.2) is 31.6 Å². The topological polar surface area (TPSA) is 102 Å². The average molecular weight is 416 g/mol. The summed E-state index contributed by atoms with van der Waals surface area (Å²) in [4.78, 5) is 26.1. The quantitative estimate of drug-likeness (QED) is 0.613. The number of carbonyl (C=O) groups is 2. The first-order valence-corrected chi connectivity index (χ1v) is 9.87. The Bertz CT molecular complexity index is 1350. The van der Waals surface area contributed by atoms with E-state index >= 15 is 0 Å². The SMILES string of the molecule is CC(=O)c1c(O)c(C)c(O)c2c1OC1=Cc3c(c(C)nn3-c3ccccc3)C(=O)[C@]12C. The molecule has 7 heteroatoms. The summed E-state index contributed by atoms with van der Waals surface area (Å²) in [5, 5.41) is 25.9. The van der Waals surface area contributed by atoms with Gasteiger partial charge in [-0.1, -0.05) is 18.2 Å². The van der Waals surface area contributed by atoms with Crippen LogP contribution in [0, 0.1) is 13.8 Å². The average Bonchev–Trinajstić information content (AvgIpc) is 3.22. The van der Waals surface area contributed by atoms with Crippen molar-refractivity contribution in [3.8, 4) is 22.9 Å². The number of rotatable bonds is 2. The lowest BCUT2D eigenvalue weighted by atomic mass is 9.71. The Balaban J connectivity index is 1.82. The van der Waals surface area contributed by atoms with Gasteiger partial charge in [-0.25, -0.2) is 4.68 Å². The van der Waals surface area contributed by atoms with Gasteiger partial charge in [-0.3, -0.25) is 9.59 Å². The molecule has 5 rings (SSSR count). The van der Waals surface area contributed by atoms with Gasteiger partial charge in [0, 0.05) is 11.6 Å². The number of aromatic hydroxyl groups is 2. The van der Waals surface area contributed by atoms with E-state index in [1.54, 1.807) is 24.6 Å². The van der Waals surface area contributed by atoms with Crippen LogP contribution in [0.2, 0.25) is 0 Å². The monoisotopic (exact) mass is 416 g/mol. The Hall–Kier alpha value is -3.87. The zero-order chi connectivity index (χ0) is 22.2. The number of hydrogen-bond acceptors (Lipinski definition) is 6. The van der Waals surface area contributed by atoms with Gasteiger partial charge in [0.2, 0.25) is 0 Å². The molecular weight excluding hydrogens is 396 g/mol. The number of phenols is 2. The lowest BCUT2D eigenvalue weighted by molar-refractivity contribution is 0.0905. The Morgan fingerprint density at radius 3 is 2.45 bits per heavy atom. The molecule has 31 heavy (non-hydrogen) atoms. The number of benzene rings is 2. The molecule has 3 aromatic rings. The van der Waals surface area contributed by atoms with E-state index in [9.17, 15) is 19.8 Å². The van der Waals surface area contributed by atoms with E-state index in [0.29, 0.717) is 17.0 Å². The second kappa shape index (κ2) is 6.07. The highest BCUT2D eigenvalue weighted by Gasteiger charge is 2.55. The second-order valence-electron chi connectivity index (χ2n) is 8.12. The molecule has 0 bridgehead atoms. The molecule has 1 aliphatic carbocycles. The first-order chi connectivity index (χ1) is 14.7. The summed E-state index contributed by atoms with van der Waals surface area (Å²) >= 11 is 0. The van der Waals surface area contributed by atoms with Crippen molar-refractivity contribution < 1.29 is 24.5 Å². The Labute approximate surface area is 178 Å². The third-order valence-corrected chi connectivity index (χ3v) is 6.24. The summed E-state index contributed by atoms with van der Waals surface area (Å²) in [6, 6.07) is 9.42. The fraction of sp³-hybridized carbons (Fsp3) is 0.208. The number of ketones is 2. The molecule has 2 N–H and O–H groups in total. The molecular formula is C24H20N2O5. The van der Waals surface area contributed by atoms with Crippen molar-refractivity contribution in [2.75, 3.05) is 0 Å². The molecule has 0 saturated heterocycles. The molecule has 1 aromatic heterocycles. The first kappa shape index (κ1) is 19.1. The number of aryl methyl sites for hydroxylation is 1. The molecule has 0 fully saturated rings. The van der Waals surface area contributed by atoms with Gasteiger partial charge in [0.15, 0.2) is 11.6 Å². The van der Waals surface area contributed by atoms with E-state index in [1.807, 2.05) is 30.3 Å². The molecule has 0 unspecified atom stereocenters. The maximum atomic E-state index is 13.8. The van der Waals surface area contributed by atoms with Crippen LogP contribution in [0.25, 0.3) is 11.8 Å². The molecule has 0 amide bonds. The van der Waals surface area contributed by atoms with Crippen LogP contribution in [0.15, 0.2) is 36.1 Å². The zero-order valence-electron chi connectivity index (χ0n) is 17.5. The highest BCUT2D eigenvalue weighted by Crippen LogP contribution is 2.58. The number of para-hydroxylation sites is 1. The number of aromatic nitrogens is 2. The standard InChI is InChI=1S/C24H20N2O5/c1-11-20(28)18(13(3)27)22-19(21(11)29)24(4)16(31-22)10-15-17(23(24)30)12(2)25-26(15)14-8-6-5-7-9-14/h5-10,28-29H,1-4H3/t24-/m1/s1. The number of nitrogens with zero attached hydrogens (tertiary/aromatic N) is 2. The van der Waals surface area contributed by atoms with Crippen molar-refractivity contribution >= 4 is 17.6 Å². The van der Waals surface area contributed by atoms with E-state index in [0.717, 1.165) is 5.69 Å². The predicted octanol–water partition coefficient (Wildman–Crippen LogP) is 3.99. The summed E-state index contributed by atoms with van der Waals surface area (Å²) in [6.45, 7) is 6.23. The minimum Gasteiger partial charge on any atom is -0.507 e. The second-order valence-corrected chi connectivity index (χ2v) is 8.12. The van der Waals surface area contributed by atoms with Crippen molar-refractivity contribution in [1.29, 1.82) is 0 Å². The van der Waals surface area contributed by atoms with E-state index in [1.165, 1.54) is 13.8 Å². The van der Waals surface area contributed by atoms with Crippen molar-refractivity contribution in [2.24, 2.45) is 0 Å². The molecule has 156 valence electrons. The normalized spacial score (nSPS) is 18.7. The third kappa shape index (κ3) is 2.26. The molecule has 2 aliphatic rings. The highest BCUT2D eigenvalue weighted by molar-refractivity contribution is 6.14. The van der Waals surface area contributed by atoms with Gasteiger partial charge in [-0.05, 0) is 39.8 Å². The van der Waals surface area contributed by atoms with Gasteiger partial charge in [-0.15, -0.1) is 0 Å². The number of hydrogen-bond donors (Lipinski definition) is 2. The summed E-state index contributed by atoms with van der Waals surface area (Å²) in [7, 11) is 0. The largest absolute Gasteiger partial charge is 0.507 e. The molecule has 2 heterocycles. The van der Waals surface area contributed by atoms with Crippen LogP contribution in [0.5, 0.6) is 17.2 Å². The minimum atomic E-state index is -1.34. The number of ether oxygens (including phenoxy) is 1. The summed E-state index contributed by atoms with van der Waals surface area (Å²) in [6.07, 6.45) is 1.72. The van der Waals surface area contributed by atoms with Crippen molar-refractivity contribution in [1.82, 2.24) is 9.78 Å². The van der Waals surface area contributed by atoms with Crippen molar-refractivity contribution in [3.63, 3.8) is 0 Å². The molecule has 0 spiro atoms. The lowest BCUT2D eigenvalue weighted by Gasteiger charge is -2.27. The van der Waals surface area contributed by atoms with Crippen LogP contribution in [-0.2, 0) is 5.41 Å². The smallest absolute Gasteiger partial charge is 0.185 e. The van der Waals surface area contributed by atoms with Gasteiger partial charge in [0.05, 0.1) is 28.2 Å². The summed E-state index contributed by atoms with van der Waals surface area (Å²) < 4.78 is 7.69. The van der Waals surface area contributed by atoms with E-state index in [-0.39, 0.29) is 45.5 Å². The molecule has 1 aliphatic heterocycles. The van der Waals surface area contributed by atoms with Crippen LogP contribution in [0.4, 0.5) is 0 Å². The van der Waals surface area contributed by atoms with Crippen LogP contribution in [0.1, 0.15) is 57.1 Å². The molecule has 7 nitrogen and oxygen atoms in total. The van der Waals surface area contributed by atoms with E-state index in [4.69, 9.17) is 4.74 Å². The number of fused-ring (bicyclic) bond motifs is 4. The maximum absolute atomic E-state index is 13.8.